The Labute approximate surface area is 94.3 Å². The van der Waals surface area contributed by atoms with Crippen molar-refractivity contribution in [3.63, 3.8) is 0 Å². The number of nitrogens with two attached hydrogens (primary N) is 1. The number of benzene rings is 1. The van der Waals surface area contributed by atoms with Gasteiger partial charge in [-0.3, -0.25) is 0 Å². The molecule has 0 fully saturated rings. The number of rotatable bonds is 2. The van der Waals surface area contributed by atoms with Crippen molar-refractivity contribution in [2.45, 2.75) is 6.04 Å². The van der Waals surface area contributed by atoms with E-state index in [1.807, 2.05) is 0 Å². The molecule has 1 atom stereocenters. The Hall–Kier alpha value is -1.33. The van der Waals surface area contributed by atoms with Crippen LogP contribution in [0.5, 0.6) is 0 Å². The van der Waals surface area contributed by atoms with E-state index in [9.17, 15) is 13.2 Å². The van der Waals surface area contributed by atoms with Crippen molar-refractivity contribution >= 4 is 11.3 Å². The normalized spacial score (nSPS) is 12.8. The van der Waals surface area contributed by atoms with Gasteiger partial charge in [-0.1, -0.05) is 6.07 Å². The van der Waals surface area contributed by atoms with Gasteiger partial charge in [0.2, 0.25) is 0 Å². The summed E-state index contributed by atoms with van der Waals surface area (Å²) in [5.41, 5.74) is 5.72. The molecule has 0 aliphatic heterocycles. The third-order valence-corrected chi connectivity index (χ3v) is 3.18. The van der Waals surface area contributed by atoms with Crippen LogP contribution in [0.3, 0.4) is 0 Å². The minimum absolute atomic E-state index is 0.0404. The van der Waals surface area contributed by atoms with Crippen LogP contribution >= 0.6 is 11.3 Å². The second kappa shape index (κ2) is 4.27. The van der Waals surface area contributed by atoms with E-state index in [4.69, 9.17) is 5.73 Å². The molecule has 1 aromatic heterocycles. The topological polar surface area (TPSA) is 26.0 Å². The Morgan fingerprint density at radius 1 is 1.06 bits per heavy atom. The van der Waals surface area contributed by atoms with E-state index in [2.05, 4.69) is 0 Å². The van der Waals surface area contributed by atoms with Gasteiger partial charge in [-0.05, 0) is 17.5 Å². The monoisotopic (exact) mass is 243 g/mol. The van der Waals surface area contributed by atoms with Gasteiger partial charge in [0.05, 0.1) is 6.04 Å². The molecule has 2 rings (SSSR count). The minimum Gasteiger partial charge on any atom is -0.320 e. The lowest BCUT2D eigenvalue weighted by atomic mass is 10.1. The van der Waals surface area contributed by atoms with Crippen LogP contribution in [-0.4, -0.2) is 0 Å². The van der Waals surface area contributed by atoms with Crippen LogP contribution in [0.2, 0.25) is 0 Å². The Morgan fingerprint density at radius 3 is 2.38 bits per heavy atom. The van der Waals surface area contributed by atoms with Crippen LogP contribution in [-0.2, 0) is 0 Å². The first kappa shape index (κ1) is 11.2. The molecule has 5 heteroatoms. The van der Waals surface area contributed by atoms with Gasteiger partial charge < -0.3 is 5.73 Å². The van der Waals surface area contributed by atoms with Crippen molar-refractivity contribution in [2.75, 3.05) is 0 Å². The number of hydrogen-bond donors (Lipinski definition) is 1. The van der Waals surface area contributed by atoms with Gasteiger partial charge in [-0.25, -0.2) is 13.2 Å². The van der Waals surface area contributed by atoms with Crippen molar-refractivity contribution < 1.29 is 13.2 Å². The van der Waals surface area contributed by atoms with Gasteiger partial charge in [0, 0.05) is 16.5 Å². The van der Waals surface area contributed by atoms with E-state index in [1.165, 1.54) is 11.3 Å². The first-order valence-corrected chi connectivity index (χ1v) is 5.41. The Morgan fingerprint density at radius 2 is 1.75 bits per heavy atom. The van der Waals surface area contributed by atoms with E-state index >= 15 is 0 Å². The summed E-state index contributed by atoms with van der Waals surface area (Å²) in [5.74, 6) is -3.14. The molecule has 0 unspecified atom stereocenters. The molecule has 0 saturated carbocycles. The molecule has 2 N–H and O–H groups in total. The maximum Gasteiger partial charge on any atom is 0.161 e. The molecular formula is C11H8F3NS. The van der Waals surface area contributed by atoms with Gasteiger partial charge in [0.25, 0.3) is 0 Å². The molecule has 16 heavy (non-hydrogen) atoms. The van der Waals surface area contributed by atoms with Gasteiger partial charge in [0.15, 0.2) is 11.6 Å². The largest absolute Gasteiger partial charge is 0.320 e. The summed E-state index contributed by atoms with van der Waals surface area (Å²) in [6, 6.07) is 4.02. The predicted octanol–water partition coefficient (Wildman–Crippen LogP) is 3.21. The summed E-state index contributed by atoms with van der Waals surface area (Å²) < 4.78 is 39.1. The summed E-state index contributed by atoms with van der Waals surface area (Å²) >= 11 is 1.34. The van der Waals surface area contributed by atoms with E-state index in [0.29, 0.717) is 10.9 Å². The minimum atomic E-state index is -1.21. The van der Waals surface area contributed by atoms with Crippen LogP contribution in [0.15, 0.2) is 29.6 Å². The standard InChI is InChI=1S/C11H8F3NS/c12-7-5-9(14)8(13)4-6(7)11(15)10-2-1-3-16-10/h1-5,11H,15H2/t11-/m0/s1. The van der Waals surface area contributed by atoms with Crippen LogP contribution in [0.4, 0.5) is 13.2 Å². The molecule has 0 saturated heterocycles. The first-order chi connectivity index (χ1) is 7.59. The zero-order valence-corrected chi connectivity index (χ0v) is 8.90. The zero-order valence-electron chi connectivity index (χ0n) is 8.08. The summed E-state index contributed by atoms with van der Waals surface area (Å²) in [4.78, 5) is 0.699. The van der Waals surface area contributed by atoms with Crippen LogP contribution < -0.4 is 5.73 Å². The van der Waals surface area contributed by atoms with E-state index in [-0.39, 0.29) is 5.56 Å². The second-order valence-electron chi connectivity index (χ2n) is 3.28. The SMILES string of the molecule is N[C@H](c1cccs1)c1cc(F)c(F)cc1F. The lowest BCUT2D eigenvalue weighted by Crippen LogP contribution is -2.13. The highest BCUT2D eigenvalue weighted by Gasteiger charge is 2.17. The Kier molecular flexibility index (Phi) is 2.98. The molecule has 1 nitrogen and oxygen atoms in total. The summed E-state index contributed by atoms with van der Waals surface area (Å²) in [5, 5.41) is 1.78. The number of thiophene rings is 1. The third kappa shape index (κ3) is 1.96. The molecule has 0 bridgehead atoms. The highest BCUT2D eigenvalue weighted by Crippen LogP contribution is 2.26. The average molecular weight is 243 g/mol. The molecule has 1 heterocycles. The highest BCUT2D eigenvalue weighted by molar-refractivity contribution is 7.10. The number of hydrogen-bond acceptors (Lipinski definition) is 2. The summed E-state index contributed by atoms with van der Waals surface area (Å²) in [6.45, 7) is 0. The Bertz CT molecular complexity index is 496. The van der Waals surface area contributed by atoms with Gasteiger partial charge >= 0.3 is 0 Å². The molecule has 0 aliphatic carbocycles. The first-order valence-electron chi connectivity index (χ1n) is 4.53. The second-order valence-corrected chi connectivity index (χ2v) is 4.26. The van der Waals surface area contributed by atoms with Gasteiger partial charge in [-0.2, -0.15) is 0 Å². The van der Waals surface area contributed by atoms with E-state index in [1.54, 1.807) is 17.5 Å². The molecule has 2 aromatic rings. The highest BCUT2D eigenvalue weighted by atomic mass is 32.1. The Balaban J connectivity index is 2.44. The van der Waals surface area contributed by atoms with E-state index < -0.39 is 23.5 Å². The van der Waals surface area contributed by atoms with Crippen molar-refractivity contribution in [3.05, 3.63) is 57.5 Å². The van der Waals surface area contributed by atoms with Crippen molar-refractivity contribution in [3.8, 4) is 0 Å². The fraction of sp³-hybridized carbons (Fsp3) is 0.0909. The third-order valence-electron chi connectivity index (χ3n) is 2.22. The number of halogens is 3. The molecule has 0 aliphatic rings. The molecule has 1 aromatic carbocycles. The average Bonchev–Trinajstić information content (AvgIpc) is 2.75. The fourth-order valence-electron chi connectivity index (χ4n) is 1.40. The fourth-order valence-corrected chi connectivity index (χ4v) is 2.14. The van der Waals surface area contributed by atoms with Crippen molar-refractivity contribution in [1.82, 2.24) is 0 Å². The quantitative estimate of drug-likeness (QED) is 0.805. The smallest absolute Gasteiger partial charge is 0.161 e. The summed E-state index contributed by atoms with van der Waals surface area (Å²) in [7, 11) is 0. The molecule has 0 radical (unpaired) electrons. The molecule has 0 spiro atoms. The maximum atomic E-state index is 13.4. The lowest BCUT2D eigenvalue weighted by molar-refractivity contribution is 0.488. The van der Waals surface area contributed by atoms with E-state index in [0.717, 1.165) is 6.07 Å². The van der Waals surface area contributed by atoms with Crippen molar-refractivity contribution in [2.24, 2.45) is 5.73 Å². The van der Waals surface area contributed by atoms with Gasteiger partial charge in [0.1, 0.15) is 5.82 Å². The lowest BCUT2D eigenvalue weighted by Gasteiger charge is -2.11. The molecular weight excluding hydrogens is 235 g/mol. The van der Waals surface area contributed by atoms with Crippen LogP contribution in [0, 0.1) is 17.5 Å². The van der Waals surface area contributed by atoms with Crippen LogP contribution in [0.1, 0.15) is 16.5 Å². The zero-order chi connectivity index (χ0) is 11.7. The van der Waals surface area contributed by atoms with Gasteiger partial charge in [-0.15, -0.1) is 11.3 Å². The molecule has 0 amide bonds. The molecule has 84 valence electrons. The van der Waals surface area contributed by atoms with Crippen LogP contribution in [0.25, 0.3) is 0 Å². The maximum absolute atomic E-state index is 13.4. The van der Waals surface area contributed by atoms with Crippen molar-refractivity contribution in [1.29, 1.82) is 0 Å². The predicted molar refractivity (Wildman–Crippen MR) is 56.7 cm³/mol. The summed E-state index contributed by atoms with van der Waals surface area (Å²) in [6.07, 6.45) is 0.